The lowest BCUT2D eigenvalue weighted by Crippen LogP contribution is -1.94. The van der Waals surface area contributed by atoms with Crippen molar-refractivity contribution < 1.29 is 4.42 Å². The molecule has 1 saturated carbocycles. The Morgan fingerprint density at radius 1 is 1.08 bits per heavy atom. The fourth-order valence-electron chi connectivity index (χ4n) is 2.12. The van der Waals surface area contributed by atoms with Crippen LogP contribution in [0.5, 0.6) is 0 Å². The Labute approximate surface area is 73.8 Å². The summed E-state index contributed by atoms with van der Waals surface area (Å²) in [6.45, 7) is 0. The van der Waals surface area contributed by atoms with E-state index in [1.165, 1.54) is 44.1 Å². The van der Waals surface area contributed by atoms with Crippen LogP contribution in [-0.2, 0) is 0 Å². The molecule has 1 aliphatic rings. The van der Waals surface area contributed by atoms with Gasteiger partial charge in [-0.25, -0.2) is 0 Å². The van der Waals surface area contributed by atoms with Gasteiger partial charge in [-0.05, 0) is 30.4 Å². The zero-order chi connectivity index (χ0) is 8.23. The van der Waals surface area contributed by atoms with Gasteiger partial charge in [0, 0.05) is 0 Å². The van der Waals surface area contributed by atoms with Gasteiger partial charge in [0.25, 0.3) is 0 Å². The Morgan fingerprint density at radius 2 is 1.83 bits per heavy atom. The fourth-order valence-corrected chi connectivity index (χ4v) is 2.12. The Balaban J connectivity index is 2.02. The van der Waals surface area contributed by atoms with Gasteiger partial charge in [0.1, 0.15) is 0 Å². The number of furan rings is 1. The summed E-state index contributed by atoms with van der Waals surface area (Å²) in [5.74, 6) is 0.784. The molecule has 0 saturated heterocycles. The topological polar surface area (TPSA) is 13.1 Å². The highest BCUT2D eigenvalue weighted by Crippen LogP contribution is 2.31. The summed E-state index contributed by atoms with van der Waals surface area (Å²) in [5.41, 5.74) is 1.41. The Kier molecular flexibility index (Phi) is 2.50. The smallest absolute Gasteiger partial charge is 0.0937 e. The summed E-state index contributed by atoms with van der Waals surface area (Å²) in [6.07, 6.45) is 12.1. The highest BCUT2D eigenvalue weighted by atomic mass is 16.3. The Bertz CT molecular complexity index is 205. The molecule has 0 N–H and O–H groups in total. The molecule has 0 aromatic carbocycles. The first-order chi connectivity index (χ1) is 5.97. The summed E-state index contributed by atoms with van der Waals surface area (Å²) in [5, 5.41) is 0. The van der Waals surface area contributed by atoms with Crippen molar-refractivity contribution in [3.63, 3.8) is 0 Å². The van der Waals surface area contributed by atoms with E-state index in [2.05, 4.69) is 6.07 Å². The maximum absolute atomic E-state index is 5.11. The molecule has 1 fully saturated rings. The number of rotatable bonds is 1. The van der Waals surface area contributed by atoms with E-state index < -0.39 is 0 Å². The van der Waals surface area contributed by atoms with Gasteiger partial charge in [-0.1, -0.05) is 25.7 Å². The van der Waals surface area contributed by atoms with E-state index >= 15 is 0 Å². The van der Waals surface area contributed by atoms with E-state index in [4.69, 9.17) is 4.42 Å². The minimum absolute atomic E-state index is 0.784. The second kappa shape index (κ2) is 3.79. The minimum Gasteiger partial charge on any atom is -0.472 e. The average molecular weight is 164 g/mol. The lowest BCUT2D eigenvalue weighted by Gasteiger charge is -2.10. The molecule has 1 nitrogen and oxygen atoms in total. The monoisotopic (exact) mass is 164 g/mol. The highest BCUT2D eigenvalue weighted by Gasteiger charge is 2.14. The molecule has 1 heteroatoms. The van der Waals surface area contributed by atoms with Crippen molar-refractivity contribution in [2.24, 2.45) is 0 Å². The maximum Gasteiger partial charge on any atom is 0.0937 e. The van der Waals surface area contributed by atoms with Crippen LogP contribution in [0.15, 0.2) is 23.0 Å². The van der Waals surface area contributed by atoms with Crippen LogP contribution in [0.4, 0.5) is 0 Å². The summed E-state index contributed by atoms with van der Waals surface area (Å²) in [6, 6.07) is 2.12. The average Bonchev–Trinajstić information content (AvgIpc) is 2.48. The summed E-state index contributed by atoms with van der Waals surface area (Å²) < 4.78 is 5.11. The molecule has 0 unspecified atom stereocenters. The first-order valence-corrected chi connectivity index (χ1v) is 4.99. The molecule has 1 aromatic heterocycles. The molecule has 0 atom stereocenters. The second-order valence-corrected chi connectivity index (χ2v) is 3.75. The van der Waals surface area contributed by atoms with Crippen LogP contribution in [0.1, 0.15) is 50.0 Å². The Hall–Kier alpha value is -0.720. The van der Waals surface area contributed by atoms with Crippen LogP contribution in [0.25, 0.3) is 0 Å². The molecule has 0 aliphatic heterocycles. The SMILES string of the molecule is c1cc(C2CCCCCC2)co1. The standard InChI is InChI=1S/C11H16O/c1-2-4-6-10(5-3-1)11-7-8-12-9-11/h7-10H,1-6H2. The second-order valence-electron chi connectivity index (χ2n) is 3.75. The molecule has 0 radical (unpaired) electrons. The predicted molar refractivity (Wildman–Crippen MR) is 49.2 cm³/mol. The van der Waals surface area contributed by atoms with Crippen LogP contribution in [-0.4, -0.2) is 0 Å². The molecule has 0 amide bonds. The molecule has 66 valence electrons. The third kappa shape index (κ3) is 1.71. The van der Waals surface area contributed by atoms with Crippen molar-refractivity contribution in [2.75, 3.05) is 0 Å². The Morgan fingerprint density at radius 3 is 2.42 bits per heavy atom. The van der Waals surface area contributed by atoms with E-state index in [-0.39, 0.29) is 0 Å². The summed E-state index contributed by atoms with van der Waals surface area (Å²) in [4.78, 5) is 0. The summed E-state index contributed by atoms with van der Waals surface area (Å²) in [7, 11) is 0. The first-order valence-electron chi connectivity index (χ1n) is 4.99. The maximum atomic E-state index is 5.11. The van der Waals surface area contributed by atoms with Gasteiger partial charge < -0.3 is 4.42 Å². The molecule has 0 spiro atoms. The van der Waals surface area contributed by atoms with Crippen LogP contribution in [0.3, 0.4) is 0 Å². The number of hydrogen-bond acceptors (Lipinski definition) is 1. The highest BCUT2D eigenvalue weighted by molar-refractivity contribution is 5.12. The van der Waals surface area contributed by atoms with Gasteiger partial charge in [-0.3, -0.25) is 0 Å². The van der Waals surface area contributed by atoms with Crippen molar-refractivity contribution in [1.29, 1.82) is 0 Å². The predicted octanol–water partition coefficient (Wildman–Crippen LogP) is 3.72. The van der Waals surface area contributed by atoms with Gasteiger partial charge in [-0.15, -0.1) is 0 Å². The van der Waals surface area contributed by atoms with Crippen molar-refractivity contribution >= 4 is 0 Å². The third-order valence-corrected chi connectivity index (χ3v) is 2.87. The molecule has 1 aromatic rings. The zero-order valence-electron chi connectivity index (χ0n) is 7.46. The zero-order valence-corrected chi connectivity index (χ0v) is 7.46. The largest absolute Gasteiger partial charge is 0.472 e. The van der Waals surface area contributed by atoms with Gasteiger partial charge in [-0.2, -0.15) is 0 Å². The lowest BCUT2D eigenvalue weighted by atomic mass is 9.94. The van der Waals surface area contributed by atoms with E-state index in [0.717, 1.165) is 5.92 Å². The van der Waals surface area contributed by atoms with Crippen LogP contribution < -0.4 is 0 Å². The summed E-state index contributed by atoms with van der Waals surface area (Å²) >= 11 is 0. The van der Waals surface area contributed by atoms with Crippen LogP contribution in [0, 0.1) is 0 Å². The van der Waals surface area contributed by atoms with Crippen molar-refractivity contribution in [2.45, 2.75) is 44.4 Å². The van der Waals surface area contributed by atoms with E-state index in [0.29, 0.717) is 0 Å². The van der Waals surface area contributed by atoms with Gasteiger partial charge >= 0.3 is 0 Å². The van der Waals surface area contributed by atoms with E-state index in [9.17, 15) is 0 Å². The lowest BCUT2D eigenvalue weighted by molar-refractivity contribution is 0.544. The molecule has 12 heavy (non-hydrogen) atoms. The molecule has 1 aliphatic carbocycles. The third-order valence-electron chi connectivity index (χ3n) is 2.87. The van der Waals surface area contributed by atoms with E-state index in [1.807, 2.05) is 6.26 Å². The molecule has 2 rings (SSSR count). The molecule has 1 heterocycles. The minimum atomic E-state index is 0.784. The van der Waals surface area contributed by atoms with Crippen LogP contribution >= 0.6 is 0 Å². The molecule has 0 bridgehead atoms. The van der Waals surface area contributed by atoms with E-state index in [1.54, 1.807) is 6.26 Å². The number of hydrogen-bond donors (Lipinski definition) is 0. The van der Waals surface area contributed by atoms with Crippen LogP contribution in [0.2, 0.25) is 0 Å². The quantitative estimate of drug-likeness (QED) is 0.576. The van der Waals surface area contributed by atoms with Gasteiger partial charge in [0.15, 0.2) is 0 Å². The first kappa shape index (κ1) is 7.90. The van der Waals surface area contributed by atoms with Gasteiger partial charge in [0.05, 0.1) is 12.5 Å². The molecular formula is C11H16O. The van der Waals surface area contributed by atoms with Crippen molar-refractivity contribution in [3.05, 3.63) is 24.2 Å². The normalized spacial score (nSPS) is 20.7. The van der Waals surface area contributed by atoms with Crippen molar-refractivity contribution in [3.8, 4) is 0 Å². The van der Waals surface area contributed by atoms with Crippen molar-refractivity contribution in [1.82, 2.24) is 0 Å². The molecular weight excluding hydrogens is 148 g/mol. The van der Waals surface area contributed by atoms with Gasteiger partial charge in [0.2, 0.25) is 0 Å². The fraction of sp³-hybridized carbons (Fsp3) is 0.636.